The highest BCUT2D eigenvalue weighted by Crippen LogP contribution is 2.28. The summed E-state index contributed by atoms with van der Waals surface area (Å²) in [6, 6.07) is 0.322. The summed E-state index contributed by atoms with van der Waals surface area (Å²) < 4.78 is 22.1. The van der Waals surface area contributed by atoms with Crippen LogP contribution in [0.3, 0.4) is 0 Å². The van der Waals surface area contributed by atoms with Crippen LogP contribution in [0.2, 0.25) is 0 Å². The zero-order valence-corrected chi connectivity index (χ0v) is 12.0. The van der Waals surface area contributed by atoms with Crippen LogP contribution >= 0.6 is 10.7 Å². The van der Waals surface area contributed by atoms with E-state index in [-0.39, 0.29) is 17.6 Å². The molecule has 0 aromatic carbocycles. The van der Waals surface area contributed by atoms with E-state index in [1.165, 1.54) is 25.7 Å². The van der Waals surface area contributed by atoms with E-state index in [4.69, 9.17) is 10.7 Å². The third-order valence-electron chi connectivity index (χ3n) is 3.94. The van der Waals surface area contributed by atoms with Gasteiger partial charge in [-0.05, 0) is 12.8 Å². The number of hydrogen-bond donors (Lipinski definition) is 0. The van der Waals surface area contributed by atoms with E-state index in [9.17, 15) is 13.2 Å². The third kappa shape index (κ3) is 3.85. The first kappa shape index (κ1) is 14.1. The summed E-state index contributed by atoms with van der Waals surface area (Å²) >= 11 is 0. The van der Waals surface area contributed by atoms with Crippen LogP contribution in [0.5, 0.6) is 0 Å². The Bertz CT molecular complexity index is 402. The molecule has 4 nitrogen and oxygen atoms in total. The highest BCUT2D eigenvalue weighted by atomic mass is 35.7. The fourth-order valence-corrected chi connectivity index (χ4v) is 4.44. The summed E-state index contributed by atoms with van der Waals surface area (Å²) in [4.78, 5) is 13.9. The Morgan fingerprint density at radius 1 is 1.17 bits per heavy atom. The van der Waals surface area contributed by atoms with Crippen molar-refractivity contribution in [2.45, 2.75) is 51.0 Å². The van der Waals surface area contributed by atoms with Crippen molar-refractivity contribution in [1.29, 1.82) is 0 Å². The maximum atomic E-state index is 12.0. The molecule has 0 bridgehead atoms. The molecule has 0 spiro atoms. The van der Waals surface area contributed by atoms with Gasteiger partial charge in [0.15, 0.2) is 0 Å². The van der Waals surface area contributed by atoms with Gasteiger partial charge in [-0.3, -0.25) is 4.79 Å². The van der Waals surface area contributed by atoms with E-state index in [1.54, 1.807) is 0 Å². The van der Waals surface area contributed by atoms with E-state index >= 15 is 0 Å². The molecular weight excluding hydrogens is 274 g/mol. The molecule has 0 aromatic heterocycles. The van der Waals surface area contributed by atoms with Gasteiger partial charge in [-0.15, -0.1) is 0 Å². The molecule has 1 unspecified atom stereocenters. The van der Waals surface area contributed by atoms with Crippen LogP contribution < -0.4 is 0 Å². The van der Waals surface area contributed by atoms with Crippen LogP contribution in [-0.2, 0) is 13.8 Å². The lowest BCUT2D eigenvalue weighted by Crippen LogP contribution is -2.36. The fourth-order valence-electron chi connectivity index (χ4n) is 3.12. The van der Waals surface area contributed by atoms with Gasteiger partial charge >= 0.3 is 0 Å². The molecule has 1 aliphatic heterocycles. The predicted molar refractivity (Wildman–Crippen MR) is 70.9 cm³/mol. The highest BCUT2D eigenvalue weighted by molar-refractivity contribution is 8.13. The molecule has 2 aliphatic rings. The van der Waals surface area contributed by atoms with E-state index in [0.29, 0.717) is 19.0 Å². The summed E-state index contributed by atoms with van der Waals surface area (Å²) in [6.45, 7) is 0.565. The van der Waals surface area contributed by atoms with Gasteiger partial charge in [0.05, 0.1) is 5.75 Å². The molecular formula is C12H20ClNO3S. The Morgan fingerprint density at radius 3 is 2.33 bits per heavy atom. The molecule has 18 heavy (non-hydrogen) atoms. The smallest absolute Gasteiger partial charge is 0.232 e. The Balaban J connectivity index is 1.95. The van der Waals surface area contributed by atoms with Crippen molar-refractivity contribution in [3.8, 4) is 0 Å². The predicted octanol–water partition coefficient (Wildman–Crippen LogP) is 2.13. The van der Waals surface area contributed by atoms with Crippen molar-refractivity contribution in [3.05, 3.63) is 0 Å². The molecule has 104 valence electrons. The summed E-state index contributed by atoms with van der Waals surface area (Å²) in [6.07, 6.45) is 7.30. The number of amides is 1. The Kier molecular flexibility index (Phi) is 4.54. The lowest BCUT2D eigenvalue weighted by atomic mass is 10.1. The van der Waals surface area contributed by atoms with E-state index < -0.39 is 9.05 Å². The number of nitrogens with zero attached hydrogens (tertiary/aromatic N) is 1. The number of likely N-dealkylation sites (tertiary alicyclic amines) is 1. The minimum Gasteiger partial charge on any atom is -0.339 e. The molecule has 1 heterocycles. The molecule has 1 aliphatic carbocycles. The summed E-state index contributed by atoms with van der Waals surface area (Å²) in [7, 11) is 1.76. The van der Waals surface area contributed by atoms with Crippen LogP contribution in [0.25, 0.3) is 0 Å². The number of rotatable bonds is 3. The summed E-state index contributed by atoms with van der Waals surface area (Å²) in [5.74, 6) is -0.0979. The number of carbonyl (C=O) groups is 1. The van der Waals surface area contributed by atoms with Gasteiger partial charge in [-0.1, -0.05) is 25.7 Å². The lowest BCUT2D eigenvalue weighted by Gasteiger charge is -2.27. The lowest BCUT2D eigenvalue weighted by molar-refractivity contribution is -0.129. The van der Waals surface area contributed by atoms with Gasteiger partial charge in [0.2, 0.25) is 15.0 Å². The number of halogens is 1. The average molecular weight is 294 g/mol. The van der Waals surface area contributed by atoms with Crippen LogP contribution in [0.4, 0.5) is 0 Å². The van der Waals surface area contributed by atoms with Crippen LogP contribution in [-0.4, -0.2) is 37.6 Å². The highest BCUT2D eigenvalue weighted by Gasteiger charge is 2.36. The number of hydrogen-bond acceptors (Lipinski definition) is 3. The molecule has 2 rings (SSSR count). The Labute approximate surface area is 113 Å². The molecule has 0 aromatic rings. The van der Waals surface area contributed by atoms with Gasteiger partial charge in [0.1, 0.15) is 0 Å². The van der Waals surface area contributed by atoms with Crippen LogP contribution in [0.15, 0.2) is 0 Å². The topological polar surface area (TPSA) is 54.5 Å². The van der Waals surface area contributed by atoms with Crippen molar-refractivity contribution < 1.29 is 13.2 Å². The first-order valence-electron chi connectivity index (χ1n) is 6.67. The zero-order valence-electron chi connectivity index (χ0n) is 10.5. The van der Waals surface area contributed by atoms with Gasteiger partial charge in [0, 0.05) is 35.6 Å². The van der Waals surface area contributed by atoms with Crippen molar-refractivity contribution in [3.63, 3.8) is 0 Å². The second-order valence-corrected chi connectivity index (χ2v) is 8.29. The Morgan fingerprint density at radius 2 is 1.78 bits per heavy atom. The van der Waals surface area contributed by atoms with E-state index in [2.05, 4.69) is 0 Å². The third-order valence-corrected chi connectivity index (χ3v) is 5.19. The van der Waals surface area contributed by atoms with Gasteiger partial charge < -0.3 is 4.90 Å². The average Bonchev–Trinajstić information content (AvgIpc) is 2.51. The molecule has 1 saturated heterocycles. The normalized spacial score (nSPS) is 27.5. The van der Waals surface area contributed by atoms with Crippen molar-refractivity contribution in [2.75, 3.05) is 12.3 Å². The maximum absolute atomic E-state index is 12.0. The van der Waals surface area contributed by atoms with Gasteiger partial charge in [-0.25, -0.2) is 8.42 Å². The van der Waals surface area contributed by atoms with Crippen molar-refractivity contribution >= 4 is 25.6 Å². The first-order valence-corrected chi connectivity index (χ1v) is 9.15. The van der Waals surface area contributed by atoms with E-state index in [1.807, 2.05) is 4.90 Å². The van der Waals surface area contributed by atoms with Crippen molar-refractivity contribution in [1.82, 2.24) is 4.90 Å². The standard InChI is InChI=1S/C12H20ClNO3S/c13-18(16,17)9-10-7-12(15)14(8-10)11-5-3-1-2-4-6-11/h10-11H,1-9H2. The molecule has 1 atom stereocenters. The summed E-state index contributed by atoms with van der Waals surface area (Å²) in [5.41, 5.74) is 0. The largest absolute Gasteiger partial charge is 0.339 e. The zero-order chi connectivity index (χ0) is 13.2. The fraction of sp³-hybridized carbons (Fsp3) is 0.917. The van der Waals surface area contributed by atoms with E-state index in [0.717, 1.165) is 12.8 Å². The Hall–Kier alpha value is -0.290. The second kappa shape index (κ2) is 5.78. The molecule has 0 radical (unpaired) electrons. The SMILES string of the molecule is O=C1CC(CS(=O)(=O)Cl)CN1C1CCCCCC1. The molecule has 6 heteroatoms. The van der Waals surface area contributed by atoms with Crippen molar-refractivity contribution in [2.24, 2.45) is 5.92 Å². The molecule has 1 amide bonds. The molecule has 2 fully saturated rings. The minimum atomic E-state index is -3.50. The monoisotopic (exact) mass is 293 g/mol. The summed E-state index contributed by atoms with van der Waals surface area (Å²) in [5, 5.41) is 0. The maximum Gasteiger partial charge on any atom is 0.232 e. The second-order valence-electron chi connectivity index (χ2n) is 5.47. The van der Waals surface area contributed by atoms with Gasteiger partial charge in [-0.2, -0.15) is 0 Å². The van der Waals surface area contributed by atoms with Crippen LogP contribution in [0, 0.1) is 5.92 Å². The van der Waals surface area contributed by atoms with Crippen LogP contribution in [0.1, 0.15) is 44.9 Å². The molecule has 1 saturated carbocycles. The van der Waals surface area contributed by atoms with Gasteiger partial charge in [0.25, 0.3) is 0 Å². The first-order chi connectivity index (χ1) is 8.46. The number of carbonyl (C=O) groups excluding carboxylic acids is 1. The minimum absolute atomic E-state index is 0.0798. The quantitative estimate of drug-likeness (QED) is 0.592. The molecule has 0 N–H and O–H groups in total.